The van der Waals surface area contributed by atoms with Crippen molar-refractivity contribution >= 4 is 40.5 Å². The maximum atomic E-state index is 10.2. The fourth-order valence-electron chi connectivity index (χ4n) is 3.24. The molecule has 0 atom stereocenters. The molecule has 1 saturated heterocycles. The van der Waals surface area contributed by atoms with Crippen molar-refractivity contribution in [2.24, 2.45) is 0 Å². The lowest BCUT2D eigenvalue weighted by Gasteiger charge is -2.28. The number of rotatable bonds is 7. The number of phenols is 3. The highest BCUT2D eigenvalue weighted by Crippen LogP contribution is 2.28. The Bertz CT molecular complexity index is 875. The first kappa shape index (κ1) is 22.3. The van der Waals surface area contributed by atoms with E-state index in [0.29, 0.717) is 17.9 Å². The molecule has 30 heavy (non-hydrogen) atoms. The summed E-state index contributed by atoms with van der Waals surface area (Å²) in [6.45, 7) is 2.66. The number of thiocarbonyl (C=S) groups is 1. The van der Waals surface area contributed by atoms with E-state index in [4.69, 9.17) is 17.0 Å². The number of likely N-dealkylation sites (tertiary alicyclic amines) is 1. The van der Waals surface area contributed by atoms with Gasteiger partial charge >= 0.3 is 0 Å². The maximum Gasteiger partial charge on any atom is 0.160 e. The fourth-order valence-corrected chi connectivity index (χ4v) is 4.47. The highest BCUT2D eigenvalue weighted by molar-refractivity contribution is 8.22. The maximum absolute atomic E-state index is 10.2. The number of aromatic hydroxyl groups is 3. The smallest absolute Gasteiger partial charge is 0.160 e. The summed E-state index contributed by atoms with van der Waals surface area (Å²) >= 11 is 7.20. The van der Waals surface area contributed by atoms with Crippen LogP contribution >= 0.6 is 24.0 Å². The third kappa shape index (κ3) is 6.85. The third-order valence-electron chi connectivity index (χ3n) is 4.76. The third-order valence-corrected chi connectivity index (χ3v) is 6.37. The Morgan fingerprint density at radius 1 is 0.967 bits per heavy atom. The first-order valence-electron chi connectivity index (χ1n) is 10.1. The molecule has 3 N–H and O–H groups in total. The van der Waals surface area contributed by atoms with Gasteiger partial charge < -0.3 is 25.0 Å². The van der Waals surface area contributed by atoms with E-state index < -0.39 is 0 Å². The van der Waals surface area contributed by atoms with Gasteiger partial charge in [-0.2, -0.15) is 0 Å². The number of phenolic OH excluding ortho intramolecular Hbond substituents is 3. The molecule has 0 bridgehead atoms. The second-order valence-electron chi connectivity index (χ2n) is 7.21. The average molecular weight is 446 g/mol. The Morgan fingerprint density at radius 2 is 1.67 bits per heavy atom. The monoisotopic (exact) mass is 445 g/mol. The summed E-state index contributed by atoms with van der Waals surface area (Å²) in [6, 6.07) is 9.56. The van der Waals surface area contributed by atoms with E-state index in [1.807, 2.05) is 6.07 Å². The Labute approximate surface area is 187 Å². The SMILES string of the molecule is Oc1cc(O)cc(/C=C/c2ccc(OCCCSC(=S)N3CCCCC3)c(O)c2)c1. The highest BCUT2D eigenvalue weighted by atomic mass is 32.2. The first-order chi connectivity index (χ1) is 14.5. The Kier molecular flexibility index (Phi) is 8.28. The number of thioether (sulfide) groups is 1. The van der Waals surface area contributed by atoms with Gasteiger partial charge in [-0.1, -0.05) is 42.2 Å². The van der Waals surface area contributed by atoms with E-state index in [-0.39, 0.29) is 17.2 Å². The lowest BCUT2D eigenvalue weighted by molar-refractivity contribution is 0.300. The zero-order valence-corrected chi connectivity index (χ0v) is 18.4. The van der Waals surface area contributed by atoms with Crippen LogP contribution in [0.4, 0.5) is 0 Å². The van der Waals surface area contributed by atoms with Gasteiger partial charge in [0.2, 0.25) is 0 Å². The van der Waals surface area contributed by atoms with Gasteiger partial charge in [0.25, 0.3) is 0 Å². The van der Waals surface area contributed by atoms with Crippen molar-refractivity contribution in [3.8, 4) is 23.0 Å². The second kappa shape index (κ2) is 11.1. The molecule has 0 unspecified atom stereocenters. The van der Waals surface area contributed by atoms with Gasteiger partial charge in [-0.3, -0.25) is 0 Å². The van der Waals surface area contributed by atoms with Crippen molar-refractivity contribution in [2.75, 3.05) is 25.4 Å². The summed E-state index contributed by atoms with van der Waals surface area (Å²) in [5.74, 6) is 1.42. The minimum Gasteiger partial charge on any atom is -0.508 e. The summed E-state index contributed by atoms with van der Waals surface area (Å²) in [6.07, 6.45) is 8.14. The molecule has 5 nitrogen and oxygen atoms in total. The van der Waals surface area contributed by atoms with Crippen LogP contribution in [0.2, 0.25) is 0 Å². The van der Waals surface area contributed by atoms with E-state index in [1.165, 1.54) is 25.3 Å². The standard InChI is InChI=1S/C23H27NO4S2/c25-19-13-18(14-20(26)16-19)6-5-17-7-8-22(21(27)15-17)28-11-4-12-30-23(29)24-9-2-1-3-10-24/h5-8,13-16,25-27H,1-4,9-12H2/b6-5+. The molecular formula is C23H27NO4S2. The molecule has 0 spiro atoms. The molecule has 0 aromatic heterocycles. The fraction of sp³-hybridized carbons (Fsp3) is 0.348. The van der Waals surface area contributed by atoms with Crippen molar-refractivity contribution in [3.05, 3.63) is 47.5 Å². The zero-order valence-electron chi connectivity index (χ0n) is 16.8. The van der Waals surface area contributed by atoms with Crippen LogP contribution in [0.3, 0.4) is 0 Å². The van der Waals surface area contributed by atoms with E-state index in [1.54, 1.807) is 48.2 Å². The molecule has 1 fully saturated rings. The van der Waals surface area contributed by atoms with E-state index in [2.05, 4.69) is 4.90 Å². The number of ether oxygens (including phenoxy) is 1. The second-order valence-corrected chi connectivity index (χ2v) is 8.94. The molecule has 2 aromatic carbocycles. The van der Waals surface area contributed by atoms with Crippen LogP contribution in [-0.4, -0.2) is 50.0 Å². The highest BCUT2D eigenvalue weighted by Gasteiger charge is 2.13. The van der Waals surface area contributed by atoms with Crippen LogP contribution in [0.25, 0.3) is 12.2 Å². The van der Waals surface area contributed by atoms with E-state index in [0.717, 1.165) is 35.1 Å². The average Bonchev–Trinajstić information content (AvgIpc) is 2.73. The van der Waals surface area contributed by atoms with Gasteiger partial charge in [0.05, 0.1) is 6.61 Å². The van der Waals surface area contributed by atoms with Crippen molar-refractivity contribution in [3.63, 3.8) is 0 Å². The Hall–Kier alpha value is -2.38. The van der Waals surface area contributed by atoms with Gasteiger partial charge in [0.15, 0.2) is 11.5 Å². The molecule has 0 saturated carbocycles. The molecule has 160 valence electrons. The summed E-state index contributed by atoms with van der Waals surface area (Å²) in [4.78, 5) is 2.29. The van der Waals surface area contributed by atoms with Crippen LogP contribution in [0.1, 0.15) is 36.8 Å². The minimum atomic E-state index is -0.00361. The van der Waals surface area contributed by atoms with Gasteiger partial charge in [0, 0.05) is 24.9 Å². The van der Waals surface area contributed by atoms with Gasteiger partial charge in [-0.25, -0.2) is 0 Å². The number of hydrogen-bond acceptors (Lipinski definition) is 6. The quantitative estimate of drug-likeness (QED) is 0.305. The lowest BCUT2D eigenvalue weighted by atomic mass is 10.1. The van der Waals surface area contributed by atoms with Crippen molar-refractivity contribution in [1.82, 2.24) is 4.90 Å². The van der Waals surface area contributed by atoms with Crippen molar-refractivity contribution < 1.29 is 20.1 Å². The van der Waals surface area contributed by atoms with Crippen LogP contribution in [0, 0.1) is 0 Å². The number of hydrogen-bond donors (Lipinski definition) is 3. The Morgan fingerprint density at radius 3 is 2.37 bits per heavy atom. The van der Waals surface area contributed by atoms with Crippen LogP contribution in [-0.2, 0) is 0 Å². The van der Waals surface area contributed by atoms with Crippen molar-refractivity contribution in [2.45, 2.75) is 25.7 Å². The summed E-state index contributed by atoms with van der Waals surface area (Å²) < 4.78 is 6.68. The van der Waals surface area contributed by atoms with Crippen LogP contribution < -0.4 is 4.74 Å². The van der Waals surface area contributed by atoms with Gasteiger partial charge in [0.1, 0.15) is 15.8 Å². The van der Waals surface area contributed by atoms with E-state index >= 15 is 0 Å². The molecule has 3 rings (SSSR count). The first-order valence-corrected chi connectivity index (χ1v) is 11.5. The molecule has 0 aliphatic carbocycles. The topological polar surface area (TPSA) is 73.2 Å². The summed E-state index contributed by atoms with van der Waals surface area (Å²) in [5.41, 5.74) is 1.44. The zero-order chi connectivity index (χ0) is 21.3. The molecule has 7 heteroatoms. The summed E-state index contributed by atoms with van der Waals surface area (Å²) in [5, 5.41) is 29.3. The Balaban J connectivity index is 1.43. The number of piperidine rings is 1. The molecular weight excluding hydrogens is 418 g/mol. The predicted octanol–water partition coefficient (Wildman–Crippen LogP) is 5.25. The van der Waals surface area contributed by atoms with E-state index in [9.17, 15) is 15.3 Å². The molecule has 1 aliphatic heterocycles. The largest absolute Gasteiger partial charge is 0.508 e. The van der Waals surface area contributed by atoms with Crippen molar-refractivity contribution in [1.29, 1.82) is 0 Å². The normalized spacial score (nSPS) is 14.2. The lowest BCUT2D eigenvalue weighted by Crippen LogP contribution is -2.32. The van der Waals surface area contributed by atoms with Crippen LogP contribution in [0.5, 0.6) is 23.0 Å². The van der Waals surface area contributed by atoms with Gasteiger partial charge in [-0.05, 0) is 61.1 Å². The molecule has 0 radical (unpaired) electrons. The molecule has 2 aromatic rings. The minimum absolute atomic E-state index is 0.00361. The number of nitrogens with zero attached hydrogens (tertiary/aromatic N) is 1. The number of benzene rings is 2. The summed E-state index contributed by atoms with van der Waals surface area (Å²) in [7, 11) is 0. The van der Waals surface area contributed by atoms with Gasteiger partial charge in [-0.15, -0.1) is 0 Å². The molecule has 1 heterocycles. The molecule has 0 amide bonds. The molecule has 1 aliphatic rings. The predicted molar refractivity (Wildman–Crippen MR) is 127 cm³/mol. The van der Waals surface area contributed by atoms with Crippen LogP contribution in [0.15, 0.2) is 36.4 Å².